The summed E-state index contributed by atoms with van der Waals surface area (Å²) >= 11 is 3.38. The van der Waals surface area contributed by atoms with Crippen molar-refractivity contribution in [3.05, 3.63) is 39.6 Å². The lowest BCUT2D eigenvalue weighted by Gasteiger charge is -2.10. The second-order valence-electron chi connectivity index (χ2n) is 3.47. The number of aryl methyl sites for hydroxylation is 1. The average molecular weight is 299 g/mol. The van der Waals surface area contributed by atoms with E-state index in [1.165, 1.54) is 0 Å². The highest BCUT2D eigenvalue weighted by molar-refractivity contribution is 9.10. The largest absolute Gasteiger partial charge is 0.486 e. The van der Waals surface area contributed by atoms with E-state index < -0.39 is 0 Å². The van der Waals surface area contributed by atoms with Crippen LogP contribution in [0.2, 0.25) is 0 Å². The van der Waals surface area contributed by atoms with Gasteiger partial charge in [-0.1, -0.05) is 22.4 Å². The van der Waals surface area contributed by atoms with Crippen molar-refractivity contribution >= 4 is 15.9 Å². The molecule has 0 atom stereocenters. The minimum Gasteiger partial charge on any atom is -0.486 e. The predicted octanol–water partition coefficient (Wildman–Crippen LogP) is 2.21. The molecular formula is C11H11BrN2O3. The summed E-state index contributed by atoms with van der Waals surface area (Å²) in [5.74, 6) is 0.609. The van der Waals surface area contributed by atoms with Gasteiger partial charge in [0.15, 0.2) is 0 Å². The van der Waals surface area contributed by atoms with E-state index in [1.807, 2.05) is 12.1 Å². The second kappa shape index (κ2) is 5.29. The topological polar surface area (TPSA) is 68.4 Å². The van der Waals surface area contributed by atoms with Crippen LogP contribution in [0.15, 0.2) is 27.3 Å². The van der Waals surface area contributed by atoms with Crippen molar-refractivity contribution in [2.75, 3.05) is 0 Å². The van der Waals surface area contributed by atoms with Crippen LogP contribution >= 0.6 is 15.9 Å². The molecule has 0 saturated carbocycles. The molecule has 5 nitrogen and oxygen atoms in total. The molecule has 0 radical (unpaired) electrons. The first-order valence-electron chi connectivity index (χ1n) is 5.01. The third-order valence-electron chi connectivity index (χ3n) is 2.32. The Hall–Kier alpha value is -1.40. The maximum Gasteiger partial charge on any atom is 0.145 e. The van der Waals surface area contributed by atoms with Gasteiger partial charge in [-0.2, -0.15) is 0 Å². The number of aliphatic hydroxyl groups is 1. The molecule has 2 rings (SSSR count). The second-order valence-corrected chi connectivity index (χ2v) is 4.33. The third kappa shape index (κ3) is 2.65. The molecule has 0 aliphatic heterocycles. The molecule has 2 aromatic rings. The zero-order valence-corrected chi connectivity index (χ0v) is 10.8. The van der Waals surface area contributed by atoms with Crippen LogP contribution in [-0.2, 0) is 13.2 Å². The van der Waals surface area contributed by atoms with Gasteiger partial charge in [-0.3, -0.25) is 0 Å². The van der Waals surface area contributed by atoms with Crippen LogP contribution < -0.4 is 4.74 Å². The summed E-state index contributed by atoms with van der Waals surface area (Å²) in [5, 5.41) is 16.6. The molecule has 1 aromatic heterocycles. The number of para-hydroxylation sites is 1. The number of nitrogens with zero attached hydrogens (tertiary/aromatic N) is 2. The molecule has 90 valence electrons. The summed E-state index contributed by atoms with van der Waals surface area (Å²) in [6, 6.07) is 5.49. The smallest absolute Gasteiger partial charge is 0.145 e. The summed E-state index contributed by atoms with van der Waals surface area (Å²) < 4.78 is 11.0. The number of ether oxygens (including phenoxy) is 1. The van der Waals surface area contributed by atoms with E-state index in [2.05, 4.69) is 30.9 Å². The quantitative estimate of drug-likeness (QED) is 0.937. The molecule has 0 amide bonds. The fourth-order valence-corrected chi connectivity index (χ4v) is 1.88. The van der Waals surface area contributed by atoms with E-state index in [9.17, 15) is 5.11 Å². The van der Waals surface area contributed by atoms with Crippen molar-refractivity contribution in [2.45, 2.75) is 20.1 Å². The molecule has 0 spiro atoms. The maximum absolute atomic E-state index is 9.21. The SMILES string of the molecule is Cc1nonc1COc1c(Br)cccc1CO. The summed E-state index contributed by atoms with van der Waals surface area (Å²) in [5.41, 5.74) is 2.06. The lowest BCUT2D eigenvalue weighted by Crippen LogP contribution is -2.01. The van der Waals surface area contributed by atoms with Crippen molar-refractivity contribution in [2.24, 2.45) is 0 Å². The van der Waals surface area contributed by atoms with Crippen LogP contribution in [0.4, 0.5) is 0 Å². The highest BCUT2D eigenvalue weighted by Gasteiger charge is 2.10. The number of halogens is 1. The molecule has 0 fully saturated rings. The Morgan fingerprint density at radius 3 is 2.88 bits per heavy atom. The highest BCUT2D eigenvalue weighted by Crippen LogP contribution is 2.29. The summed E-state index contributed by atoms with van der Waals surface area (Å²) in [4.78, 5) is 0. The minimum atomic E-state index is -0.0786. The first kappa shape index (κ1) is 12.1. The van der Waals surface area contributed by atoms with Crippen LogP contribution in [0.3, 0.4) is 0 Å². The fourth-order valence-electron chi connectivity index (χ4n) is 1.36. The molecule has 1 heterocycles. The van der Waals surface area contributed by atoms with Gasteiger partial charge in [0, 0.05) is 5.56 Å². The Kier molecular flexibility index (Phi) is 3.75. The zero-order valence-electron chi connectivity index (χ0n) is 9.18. The Morgan fingerprint density at radius 2 is 2.24 bits per heavy atom. The van der Waals surface area contributed by atoms with Gasteiger partial charge >= 0.3 is 0 Å². The van der Waals surface area contributed by atoms with Crippen LogP contribution in [0, 0.1) is 6.92 Å². The first-order valence-corrected chi connectivity index (χ1v) is 5.80. The van der Waals surface area contributed by atoms with E-state index in [0.29, 0.717) is 22.7 Å². The zero-order chi connectivity index (χ0) is 12.3. The molecule has 1 N–H and O–H groups in total. The summed E-state index contributed by atoms with van der Waals surface area (Å²) in [6.07, 6.45) is 0. The lowest BCUT2D eigenvalue weighted by molar-refractivity contribution is 0.249. The number of aromatic nitrogens is 2. The third-order valence-corrected chi connectivity index (χ3v) is 2.94. The monoisotopic (exact) mass is 298 g/mol. The van der Waals surface area contributed by atoms with Gasteiger partial charge in [-0.15, -0.1) is 0 Å². The van der Waals surface area contributed by atoms with Crippen LogP contribution in [0.5, 0.6) is 5.75 Å². The molecular weight excluding hydrogens is 288 g/mol. The van der Waals surface area contributed by atoms with Gasteiger partial charge in [0.1, 0.15) is 23.7 Å². The summed E-state index contributed by atoms with van der Waals surface area (Å²) in [7, 11) is 0. The number of rotatable bonds is 4. The number of benzene rings is 1. The molecule has 6 heteroatoms. The van der Waals surface area contributed by atoms with E-state index in [1.54, 1.807) is 13.0 Å². The van der Waals surface area contributed by atoms with Crippen LogP contribution in [-0.4, -0.2) is 15.4 Å². The van der Waals surface area contributed by atoms with Gasteiger partial charge in [-0.05, 0) is 28.9 Å². The Bertz CT molecular complexity index is 513. The van der Waals surface area contributed by atoms with Crippen molar-refractivity contribution in [3.63, 3.8) is 0 Å². The molecule has 0 aliphatic rings. The molecule has 0 unspecified atom stereocenters. The average Bonchev–Trinajstić information content (AvgIpc) is 2.73. The van der Waals surface area contributed by atoms with E-state index in [4.69, 9.17) is 4.74 Å². The molecule has 17 heavy (non-hydrogen) atoms. The summed E-state index contributed by atoms with van der Waals surface area (Å²) in [6.45, 7) is 1.97. The van der Waals surface area contributed by atoms with Gasteiger partial charge < -0.3 is 9.84 Å². The van der Waals surface area contributed by atoms with Crippen molar-refractivity contribution in [3.8, 4) is 5.75 Å². The fraction of sp³-hybridized carbons (Fsp3) is 0.273. The first-order chi connectivity index (χ1) is 8.22. The van der Waals surface area contributed by atoms with E-state index >= 15 is 0 Å². The standard InChI is InChI=1S/C11H11BrN2O3/c1-7-10(14-17-13-7)6-16-11-8(5-15)3-2-4-9(11)12/h2-4,15H,5-6H2,1H3. The Morgan fingerprint density at radius 1 is 1.41 bits per heavy atom. The maximum atomic E-state index is 9.21. The highest BCUT2D eigenvalue weighted by atomic mass is 79.9. The van der Waals surface area contributed by atoms with Gasteiger partial charge in [0.25, 0.3) is 0 Å². The van der Waals surface area contributed by atoms with Crippen molar-refractivity contribution in [1.29, 1.82) is 0 Å². The lowest BCUT2D eigenvalue weighted by atomic mass is 10.2. The normalized spacial score (nSPS) is 10.5. The molecule has 0 bridgehead atoms. The number of hydrogen-bond donors (Lipinski definition) is 1. The molecule has 0 aliphatic carbocycles. The van der Waals surface area contributed by atoms with E-state index in [-0.39, 0.29) is 13.2 Å². The minimum absolute atomic E-state index is 0.0786. The number of hydrogen-bond acceptors (Lipinski definition) is 5. The molecule has 1 aromatic carbocycles. The van der Waals surface area contributed by atoms with Gasteiger partial charge in [0.2, 0.25) is 0 Å². The van der Waals surface area contributed by atoms with Crippen molar-refractivity contribution in [1.82, 2.24) is 10.3 Å². The van der Waals surface area contributed by atoms with Gasteiger partial charge in [0.05, 0.1) is 11.1 Å². The van der Waals surface area contributed by atoms with E-state index in [0.717, 1.165) is 4.47 Å². The van der Waals surface area contributed by atoms with Crippen molar-refractivity contribution < 1.29 is 14.5 Å². The Balaban J connectivity index is 2.16. The van der Waals surface area contributed by atoms with Crippen LogP contribution in [0.1, 0.15) is 17.0 Å². The van der Waals surface area contributed by atoms with Crippen LogP contribution in [0.25, 0.3) is 0 Å². The number of aliphatic hydroxyl groups excluding tert-OH is 1. The predicted molar refractivity (Wildman–Crippen MR) is 63.4 cm³/mol. The Labute approximate surface area is 106 Å². The van der Waals surface area contributed by atoms with Gasteiger partial charge in [-0.25, -0.2) is 4.63 Å². The molecule has 0 saturated heterocycles.